The molecule has 0 aliphatic heterocycles. The second-order valence-corrected chi connectivity index (χ2v) is 3.34. The first-order valence-electron chi connectivity index (χ1n) is 3.16. The maximum atomic E-state index is 5.77. The molecule has 0 bridgehead atoms. The highest BCUT2D eigenvalue weighted by Gasteiger charge is 2.12. The molecule has 0 atom stereocenters. The second-order valence-electron chi connectivity index (χ2n) is 1.86. The molecule has 6 heteroatoms. The monoisotopic (exact) mass is 264 g/mol. The maximum Gasteiger partial charge on any atom is 0.299 e. The average Bonchev–Trinajstić information content (AvgIpc) is 2.17. The van der Waals surface area contributed by atoms with Gasteiger partial charge in [0.1, 0.15) is 5.03 Å². The van der Waals surface area contributed by atoms with Crippen molar-refractivity contribution in [3.8, 4) is 0 Å². The third kappa shape index (κ3) is 3.86. The summed E-state index contributed by atoms with van der Waals surface area (Å²) >= 11 is 22.6. The Bertz CT molecular complexity index is 229. The summed E-state index contributed by atoms with van der Waals surface area (Å²) in [4.78, 5) is 0. The topological polar surface area (TPSA) is 18.5 Å². The first-order valence-corrected chi connectivity index (χ1v) is 4.83. The van der Waals surface area contributed by atoms with Crippen LogP contribution in [0.25, 0.3) is 0 Å². The second kappa shape index (κ2) is 6.66. The molecule has 0 saturated heterocycles. The number of rotatable bonds is 4. The molecule has 0 spiro atoms. The van der Waals surface area contributed by atoms with E-state index in [4.69, 9.17) is 55.9 Å². The minimum Gasteiger partial charge on any atom is -0.468 e. The van der Waals surface area contributed by atoms with Crippen molar-refractivity contribution in [2.24, 2.45) is 0 Å². The van der Waals surface area contributed by atoms with Crippen LogP contribution in [0.15, 0.2) is 21.0 Å². The SMILES string of the molecule is COC(OC)=C(Cl)/C(Cl)=C(\Cl)CCl. The quantitative estimate of drug-likeness (QED) is 0.439. The average molecular weight is 266 g/mol. The van der Waals surface area contributed by atoms with Gasteiger partial charge in [0, 0.05) is 0 Å². The molecule has 0 heterocycles. The first-order chi connectivity index (χ1) is 6.08. The standard InChI is InChI=1S/C7H8Cl4O2/c1-12-7(13-2)6(11)5(10)4(9)3-8/h3H2,1-2H3/b5-4+. The summed E-state index contributed by atoms with van der Waals surface area (Å²) in [7, 11) is 2.81. The van der Waals surface area contributed by atoms with Crippen molar-refractivity contribution >= 4 is 46.4 Å². The Kier molecular flexibility index (Phi) is 6.78. The summed E-state index contributed by atoms with van der Waals surface area (Å²) in [6.07, 6.45) is 0. The molecular formula is C7H8Cl4O2. The number of allylic oxidation sites excluding steroid dienone is 3. The van der Waals surface area contributed by atoms with Crippen molar-refractivity contribution in [3.05, 3.63) is 21.0 Å². The zero-order chi connectivity index (χ0) is 10.4. The molecule has 0 aliphatic rings. The highest BCUT2D eigenvalue weighted by atomic mass is 35.5. The van der Waals surface area contributed by atoms with Gasteiger partial charge in [0.15, 0.2) is 0 Å². The van der Waals surface area contributed by atoms with Crippen molar-refractivity contribution in [3.63, 3.8) is 0 Å². The lowest BCUT2D eigenvalue weighted by Gasteiger charge is -2.07. The third-order valence-corrected chi connectivity index (χ3v) is 2.78. The molecule has 0 fully saturated rings. The molecule has 2 nitrogen and oxygen atoms in total. The number of ether oxygens (including phenoxy) is 2. The highest BCUT2D eigenvalue weighted by Crippen LogP contribution is 2.28. The summed E-state index contributed by atoms with van der Waals surface area (Å²) < 4.78 is 9.56. The zero-order valence-corrected chi connectivity index (χ0v) is 10.1. The van der Waals surface area contributed by atoms with Crippen molar-refractivity contribution in [2.45, 2.75) is 0 Å². The smallest absolute Gasteiger partial charge is 0.299 e. The van der Waals surface area contributed by atoms with Crippen LogP contribution in [-0.2, 0) is 9.47 Å². The molecule has 0 aromatic carbocycles. The summed E-state index contributed by atoms with van der Waals surface area (Å²) in [5, 5.41) is 0.453. The number of hydrogen-bond donors (Lipinski definition) is 0. The summed E-state index contributed by atoms with van der Waals surface area (Å²) in [6.45, 7) is 0. The van der Waals surface area contributed by atoms with Crippen molar-refractivity contribution < 1.29 is 9.47 Å². The molecule has 0 radical (unpaired) electrons. The molecule has 76 valence electrons. The predicted octanol–water partition coefficient (Wildman–Crippen LogP) is 3.62. The van der Waals surface area contributed by atoms with Gasteiger partial charge < -0.3 is 9.47 Å². The van der Waals surface area contributed by atoms with Crippen molar-refractivity contribution in [2.75, 3.05) is 20.1 Å². The predicted molar refractivity (Wildman–Crippen MR) is 56.3 cm³/mol. The molecule has 13 heavy (non-hydrogen) atoms. The summed E-state index contributed by atoms with van der Waals surface area (Å²) in [5.41, 5.74) is 0. The van der Waals surface area contributed by atoms with E-state index in [1.54, 1.807) is 0 Å². The van der Waals surface area contributed by atoms with Crippen LogP contribution in [0.2, 0.25) is 0 Å². The largest absolute Gasteiger partial charge is 0.468 e. The molecule has 0 unspecified atom stereocenters. The molecular weight excluding hydrogens is 258 g/mol. The minimum absolute atomic E-state index is 0.0807. The van der Waals surface area contributed by atoms with Crippen LogP contribution in [0.1, 0.15) is 0 Å². The van der Waals surface area contributed by atoms with Gasteiger partial charge in [0.25, 0.3) is 5.95 Å². The summed E-state index contributed by atoms with van der Waals surface area (Å²) in [6, 6.07) is 0. The molecule has 0 saturated carbocycles. The van der Waals surface area contributed by atoms with Crippen LogP contribution in [0, 0.1) is 0 Å². The van der Waals surface area contributed by atoms with E-state index in [0.29, 0.717) is 0 Å². The van der Waals surface area contributed by atoms with Gasteiger partial charge in [-0.3, -0.25) is 0 Å². The van der Waals surface area contributed by atoms with E-state index in [1.807, 2.05) is 0 Å². The van der Waals surface area contributed by atoms with Crippen LogP contribution in [0.4, 0.5) is 0 Å². The van der Waals surface area contributed by atoms with Crippen LogP contribution >= 0.6 is 46.4 Å². The lowest BCUT2D eigenvalue weighted by atomic mass is 10.5. The first kappa shape index (κ1) is 13.2. The van der Waals surface area contributed by atoms with E-state index >= 15 is 0 Å². The van der Waals surface area contributed by atoms with Gasteiger partial charge in [-0.25, -0.2) is 0 Å². The number of methoxy groups -OCH3 is 2. The highest BCUT2D eigenvalue weighted by molar-refractivity contribution is 6.49. The molecule has 0 N–H and O–H groups in total. The van der Waals surface area contributed by atoms with Gasteiger partial charge >= 0.3 is 0 Å². The number of hydrogen-bond acceptors (Lipinski definition) is 2. The van der Waals surface area contributed by atoms with Gasteiger partial charge in [-0.1, -0.05) is 34.8 Å². The lowest BCUT2D eigenvalue weighted by molar-refractivity contribution is 0.0941. The maximum absolute atomic E-state index is 5.77. The Hall–Kier alpha value is 0.240. The van der Waals surface area contributed by atoms with E-state index < -0.39 is 0 Å². The van der Waals surface area contributed by atoms with Gasteiger partial charge in [-0.2, -0.15) is 0 Å². The molecule has 0 aromatic heterocycles. The lowest BCUT2D eigenvalue weighted by Crippen LogP contribution is -1.94. The fourth-order valence-corrected chi connectivity index (χ4v) is 1.29. The van der Waals surface area contributed by atoms with Gasteiger partial charge in [-0.15, -0.1) is 11.6 Å². The van der Waals surface area contributed by atoms with Crippen molar-refractivity contribution in [1.29, 1.82) is 0 Å². The molecule has 0 rings (SSSR count). The fraction of sp³-hybridized carbons (Fsp3) is 0.429. The number of alkyl halides is 1. The Morgan fingerprint density at radius 2 is 1.46 bits per heavy atom. The van der Waals surface area contributed by atoms with E-state index in [2.05, 4.69) is 0 Å². The van der Waals surface area contributed by atoms with Crippen LogP contribution in [0.5, 0.6) is 0 Å². The fourth-order valence-electron chi connectivity index (χ4n) is 0.530. The Labute approximate surface area is 97.0 Å². The minimum atomic E-state index is 0.0807. The van der Waals surface area contributed by atoms with E-state index in [-0.39, 0.29) is 26.9 Å². The van der Waals surface area contributed by atoms with Crippen LogP contribution in [0.3, 0.4) is 0 Å². The van der Waals surface area contributed by atoms with Crippen LogP contribution < -0.4 is 0 Å². The normalized spacial score (nSPS) is 11.8. The Balaban J connectivity index is 4.95. The number of halogens is 4. The Morgan fingerprint density at radius 1 is 1.00 bits per heavy atom. The Morgan fingerprint density at radius 3 is 1.77 bits per heavy atom. The third-order valence-electron chi connectivity index (χ3n) is 1.10. The zero-order valence-electron chi connectivity index (χ0n) is 7.04. The summed E-state index contributed by atoms with van der Waals surface area (Å²) in [5.74, 6) is 0.173. The van der Waals surface area contributed by atoms with Gasteiger partial charge in [-0.05, 0) is 0 Å². The van der Waals surface area contributed by atoms with Crippen LogP contribution in [-0.4, -0.2) is 20.1 Å². The van der Waals surface area contributed by atoms with E-state index in [1.165, 1.54) is 14.2 Å². The van der Waals surface area contributed by atoms with Gasteiger partial charge in [0.2, 0.25) is 0 Å². The molecule has 0 aromatic rings. The van der Waals surface area contributed by atoms with Gasteiger partial charge in [0.05, 0.1) is 30.2 Å². The van der Waals surface area contributed by atoms with E-state index in [0.717, 1.165) is 0 Å². The van der Waals surface area contributed by atoms with E-state index in [9.17, 15) is 0 Å². The molecule has 0 amide bonds. The van der Waals surface area contributed by atoms with Crippen molar-refractivity contribution in [1.82, 2.24) is 0 Å². The molecule has 0 aliphatic carbocycles.